The van der Waals surface area contributed by atoms with Crippen molar-refractivity contribution in [3.8, 4) is 5.75 Å². The molecule has 2 saturated heterocycles. The summed E-state index contributed by atoms with van der Waals surface area (Å²) in [6.07, 6.45) is 3.31. The van der Waals surface area contributed by atoms with E-state index in [1.54, 1.807) is 0 Å². The number of aliphatic hydroxyl groups is 1. The zero-order valence-electron chi connectivity index (χ0n) is 17.8. The fourth-order valence-corrected chi connectivity index (χ4v) is 4.07. The molecule has 0 aromatic heterocycles. The molecular weight excluding hydrogens is 479 g/mol. The van der Waals surface area contributed by atoms with Crippen molar-refractivity contribution in [2.75, 3.05) is 52.4 Å². The van der Waals surface area contributed by atoms with Crippen LogP contribution >= 0.6 is 24.0 Å². The minimum atomic E-state index is -0.614. The molecule has 0 radical (unpaired) electrons. The topological polar surface area (TPSA) is 60.3 Å². The molecule has 3 rings (SSSR count). The fourth-order valence-electron chi connectivity index (χ4n) is 4.07. The first kappa shape index (κ1) is 24.2. The van der Waals surface area contributed by atoms with Crippen molar-refractivity contribution in [2.45, 2.75) is 39.2 Å². The van der Waals surface area contributed by atoms with Gasteiger partial charge in [0.2, 0.25) is 0 Å². The van der Waals surface area contributed by atoms with Gasteiger partial charge in [-0.25, -0.2) is 0 Å². The van der Waals surface area contributed by atoms with E-state index in [0.29, 0.717) is 6.54 Å². The number of nitrogens with one attached hydrogen (secondary N) is 1. The molecule has 0 amide bonds. The van der Waals surface area contributed by atoms with Gasteiger partial charge in [-0.05, 0) is 69.8 Å². The van der Waals surface area contributed by atoms with Crippen LogP contribution in [0.4, 0.5) is 0 Å². The third-order valence-corrected chi connectivity index (χ3v) is 5.52. The van der Waals surface area contributed by atoms with Crippen molar-refractivity contribution in [2.24, 2.45) is 10.9 Å². The highest BCUT2D eigenvalue weighted by molar-refractivity contribution is 14.0. The van der Waals surface area contributed by atoms with Gasteiger partial charge in [0.1, 0.15) is 18.5 Å². The van der Waals surface area contributed by atoms with Gasteiger partial charge in [-0.3, -0.25) is 4.99 Å². The van der Waals surface area contributed by atoms with Gasteiger partial charge in [-0.15, -0.1) is 24.0 Å². The molecule has 2 atom stereocenters. The molecule has 7 heteroatoms. The Morgan fingerprint density at radius 2 is 2.10 bits per heavy atom. The van der Waals surface area contributed by atoms with E-state index in [2.05, 4.69) is 27.0 Å². The Kier molecular flexibility index (Phi) is 10.5. The highest BCUT2D eigenvalue weighted by Crippen LogP contribution is 2.20. The average molecular weight is 516 g/mol. The molecule has 2 N–H and O–H groups in total. The highest BCUT2D eigenvalue weighted by atomic mass is 127. The summed E-state index contributed by atoms with van der Waals surface area (Å²) in [6, 6.07) is 7.89. The number of rotatable bonds is 8. The molecular formula is C22H37IN4O2. The van der Waals surface area contributed by atoms with E-state index in [9.17, 15) is 5.11 Å². The molecule has 164 valence electrons. The van der Waals surface area contributed by atoms with Crippen molar-refractivity contribution in [3.05, 3.63) is 29.8 Å². The standard InChI is InChI=1S/C22H36N4O2.HI/c1-3-23-22(26-12-9-19(16-26)15-25-10-4-5-11-25)24-14-20(27)17-28-21-8-6-7-18(2)13-21;/h6-8,13,19-20,27H,3-5,9-12,14-17H2,1-2H3,(H,23,24);1H. The van der Waals surface area contributed by atoms with Crippen LogP contribution in [0.2, 0.25) is 0 Å². The lowest BCUT2D eigenvalue weighted by Gasteiger charge is -2.23. The Morgan fingerprint density at radius 3 is 2.83 bits per heavy atom. The van der Waals surface area contributed by atoms with E-state index in [1.165, 1.54) is 38.9 Å². The second-order valence-electron chi connectivity index (χ2n) is 8.08. The van der Waals surface area contributed by atoms with Crippen LogP contribution in [0.1, 0.15) is 31.7 Å². The average Bonchev–Trinajstić information content (AvgIpc) is 3.36. The molecule has 29 heavy (non-hydrogen) atoms. The zero-order valence-corrected chi connectivity index (χ0v) is 20.2. The lowest BCUT2D eigenvalue weighted by Crippen LogP contribution is -2.41. The first-order valence-corrected chi connectivity index (χ1v) is 10.8. The second kappa shape index (κ2) is 12.6. The summed E-state index contributed by atoms with van der Waals surface area (Å²) < 4.78 is 5.70. The molecule has 0 spiro atoms. The first-order valence-electron chi connectivity index (χ1n) is 10.8. The number of hydrogen-bond donors (Lipinski definition) is 2. The minimum Gasteiger partial charge on any atom is -0.491 e. The van der Waals surface area contributed by atoms with E-state index in [1.807, 2.05) is 31.2 Å². The van der Waals surface area contributed by atoms with E-state index in [-0.39, 0.29) is 30.6 Å². The van der Waals surface area contributed by atoms with E-state index < -0.39 is 6.10 Å². The number of guanidine groups is 1. The summed E-state index contributed by atoms with van der Waals surface area (Å²) in [7, 11) is 0. The van der Waals surface area contributed by atoms with Gasteiger partial charge in [0.15, 0.2) is 5.96 Å². The molecule has 2 fully saturated rings. The summed E-state index contributed by atoms with van der Waals surface area (Å²) in [4.78, 5) is 9.63. The SMILES string of the molecule is CCNC(=NCC(O)COc1cccc(C)c1)N1CCC(CN2CCCC2)C1.I. The van der Waals surface area contributed by atoms with E-state index in [4.69, 9.17) is 4.74 Å². The van der Waals surface area contributed by atoms with E-state index in [0.717, 1.165) is 42.8 Å². The highest BCUT2D eigenvalue weighted by Gasteiger charge is 2.27. The number of halogens is 1. The maximum Gasteiger partial charge on any atom is 0.194 e. The second-order valence-corrected chi connectivity index (χ2v) is 8.08. The lowest BCUT2D eigenvalue weighted by molar-refractivity contribution is 0.114. The summed E-state index contributed by atoms with van der Waals surface area (Å²) in [5.41, 5.74) is 1.15. The van der Waals surface area contributed by atoms with Crippen LogP contribution in [0.5, 0.6) is 5.75 Å². The number of benzene rings is 1. The minimum absolute atomic E-state index is 0. The summed E-state index contributed by atoms with van der Waals surface area (Å²) in [5, 5.41) is 13.7. The molecule has 0 aliphatic carbocycles. The third-order valence-electron chi connectivity index (χ3n) is 5.52. The Morgan fingerprint density at radius 1 is 1.31 bits per heavy atom. The Labute approximate surface area is 192 Å². The number of nitrogens with zero attached hydrogens (tertiary/aromatic N) is 3. The smallest absolute Gasteiger partial charge is 0.194 e. The van der Waals surface area contributed by atoms with Crippen LogP contribution in [0.15, 0.2) is 29.3 Å². The van der Waals surface area contributed by atoms with Crippen molar-refractivity contribution >= 4 is 29.9 Å². The molecule has 2 aliphatic heterocycles. The van der Waals surface area contributed by atoms with Crippen LogP contribution < -0.4 is 10.1 Å². The molecule has 2 heterocycles. The van der Waals surface area contributed by atoms with Crippen molar-refractivity contribution < 1.29 is 9.84 Å². The molecule has 2 aliphatic rings. The van der Waals surface area contributed by atoms with Gasteiger partial charge < -0.3 is 25.0 Å². The molecule has 1 aromatic carbocycles. The Hall–Kier alpha value is -1.06. The molecule has 1 aromatic rings. The fraction of sp³-hybridized carbons (Fsp3) is 0.682. The van der Waals surface area contributed by atoms with Crippen LogP contribution in [0.25, 0.3) is 0 Å². The monoisotopic (exact) mass is 516 g/mol. The predicted octanol–water partition coefficient (Wildman–Crippen LogP) is 2.74. The summed E-state index contributed by atoms with van der Waals surface area (Å²) in [5.74, 6) is 2.43. The lowest BCUT2D eigenvalue weighted by atomic mass is 10.1. The van der Waals surface area contributed by atoms with Crippen molar-refractivity contribution in [1.29, 1.82) is 0 Å². The predicted molar refractivity (Wildman–Crippen MR) is 129 cm³/mol. The number of aliphatic hydroxyl groups excluding tert-OH is 1. The maximum atomic E-state index is 10.3. The van der Waals surface area contributed by atoms with Crippen LogP contribution in [-0.4, -0.2) is 79.4 Å². The number of ether oxygens (including phenoxy) is 1. The molecule has 2 unspecified atom stereocenters. The Bertz CT molecular complexity index is 637. The Balaban J connectivity index is 0.00000300. The third kappa shape index (κ3) is 7.94. The van der Waals surface area contributed by atoms with Gasteiger partial charge >= 0.3 is 0 Å². The summed E-state index contributed by atoms with van der Waals surface area (Å²) in [6.45, 7) is 11.4. The van der Waals surface area contributed by atoms with Gasteiger partial charge in [0, 0.05) is 26.2 Å². The summed E-state index contributed by atoms with van der Waals surface area (Å²) >= 11 is 0. The van der Waals surface area contributed by atoms with Crippen LogP contribution in [-0.2, 0) is 0 Å². The van der Waals surface area contributed by atoms with Gasteiger partial charge in [0.05, 0.1) is 6.54 Å². The number of likely N-dealkylation sites (tertiary alicyclic amines) is 2. The number of aryl methyl sites for hydroxylation is 1. The molecule has 0 saturated carbocycles. The first-order chi connectivity index (χ1) is 13.6. The normalized spacial score (nSPS) is 21.1. The number of aliphatic imine (C=N–C) groups is 1. The van der Waals surface area contributed by atoms with Crippen LogP contribution in [0, 0.1) is 12.8 Å². The van der Waals surface area contributed by atoms with Gasteiger partial charge in [-0.1, -0.05) is 12.1 Å². The van der Waals surface area contributed by atoms with Gasteiger partial charge in [-0.2, -0.15) is 0 Å². The maximum absolute atomic E-state index is 10.3. The largest absolute Gasteiger partial charge is 0.491 e. The van der Waals surface area contributed by atoms with Crippen molar-refractivity contribution in [3.63, 3.8) is 0 Å². The molecule has 6 nitrogen and oxygen atoms in total. The van der Waals surface area contributed by atoms with Gasteiger partial charge in [0.25, 0.3) is 0 Å². The zero-order chi connectivity index (χ0) is 19.8. The van der Waals surface area contributed by atoms with E-state index >= 15 is 0 Å². The number of hydrogen-bond acceptors (Lipinski definition) is 4. The quantitative estimate of drug-likeness (QED) is 0.316. The van der Waals surface area contributed by atoms with Crippen molar-refractivity contribution in [1.82, 2.24) is 15.1 Å². The molecule has 0 bridgehead atoms. The van der Waals surface area contributed by atoms with Crippen LogP contribution in [0.3, 0.4) is 0 Å².